The van der Waals surface area contributed by atoms with E-state index in [9.17, 15) is 0 Å². The normalized spacial score (nSPS) is 12.8. The SMILES string of the molecule is CC(CCc1ccco1)NCc1ccc(Br)o1. The van der Waals surface area contributed by atoms with Gasteiger partial charge in [0.15, 0.2) is 4.67 Å². The lowest BCUT2D eigenvalue weighted by Crippen LogP contribution is -2.25. The maximum Gasteiger partial charge on any atom is 0.169 e. The van der Waals surface area contributed by atoms with E-state index in [0.717, 1.165) is 35.6 Å². The molecule has 1 N–H and O–H groups in total. The van der Waals surface area contributed by atoms with Crippen LogP contribution >= 0.6 is 15.9 Å². The van der Waals surface area contributed by atoms with Crippen molar-refractivity contribution in [3.05, 3.63) is 46.7 Å². The molecule has 0 bridgehead atoms. The van der Waals surface area contributed by atoms with Gasteiger partial charge in [-0.3, -0.25) is 0 Å². The molecule has 1 unspecified atom stereocenters. The average Bonchev–Trinajstić information content (AvgIpc) is 2.95. The predicted molar refractivity (Wildman–Crippen MR) is 69.7 cm³/mol. The Morgan fingerprint density at radius 1 is 1.29 bits per heavy atom. The summed E-state index contributed by atoms with van der Waals surface area (Å²) in [6.45, 7) is 2.92. The summed E-state index contributed by atoms with van der Waals surface area (Å²) in [5.74, 6) is 1.99. The van der Waals surface area contributed by atoms with Crippen molar-refractivity contribution in [3.8, 4) is 0 Å². The molecule has 0 radical (unpaired) electrons. The van der Waals surface area contributed by atoms with Gasteiger partial charge in [0.2, 0.25) is 0 Å². The van der Waals surface area contributed by atoms with Crippen molar-refractivity contribution in [1.29, 1.82) is 0 Å². The zero-order valence-electron chi connectivity index (χ0n) is 9.78. The van der Waals surface area contributed by atoms with Gasteiger partial charge in [0, 0.05) is 12.5 Å². The first-order valence-corrected chi connectivity index (χ1v) is 6.53. The van der Waals surface area contributed by atoms with Crippen LogP contribution in [0.4, 0.5) is 0 Å². The van der Waals surface area contributed by atoms with Crippen LogP contribution in [0.1, 0.15) is 24.9 Å². The molecule has 0 fully saturated rings. The predicted octanol–water partition coefficient (Wildman–Crippen LogP) is 3.75. The van der Waals surface area contributed by atoms with Crippen molar-refractivity contribution in [2.45, 2.75) is 32.4 Å². The van der Waals surface area contributed by atoms with Gasteiger partial charge in [0.05, 0.1) is 12.8 Å². The van der Waals surface area contributed by atoms with Gasteiger partial charge in [-0.1, -0.05) is 0 Å². The highest BCUT2D eigenvalue weighted by Crippen LogP contribution is 2.14. The van der Waals surface area contributed by atoms with Crippen molar-refractivity contribution < 1.29 is 8.83 Å². The van der Waals surface area contributed by atoms with E-state index >= 15 is 0 Å². The number of furan rings is 2. The maximum atomic E-state index is 5.42. The molecule has 92 valence electrons. The first kappa shape index (κ1) is 12.5. The summed E-state index contributed by atoms with van der Waals surface area (Å²) in [4.78, 5) is 0. The molecular weight excluding hydrogens is 282 g/mol. The fourth-order valence-corrected chi connectivity index (χ4v) is 1.98. The Hall–Kier alpha value is -1.000. The van der Waals surface area contributed by atoms with E-state index in [1.807, 2.05) is 24.3 Å². The van der Waals surface area contributed by atoms with E-state index in [1.54, 1.807) is 6.26 Å². The smallest absolute Gasteiger partial charge is 0.169 e. The van der Waals surface area contributed by atoms with E-state index < -0.39 is 0 Å². The highest BCUT2D eigenvalue weighted by atomic mass is 79.9. The first-order valence-electron chi connectivity index (χ1n) is 5.74. The van der Waals surface area contributed by atoms with Crippen molar-refractivity contribution in [2.24, 2.45) is 0 Å². The molecule has 0 aromatic carbocycles. The van der Waals surface area contributed by atoms with Crippen LogP contribution in [0.3, 0.4) is 0 Å². The quantitative estimate of drug-likeness (QED) is 0.882. The van der Waals surface area contributed by atoms with E-state index in [0.29, 0.717) is 6.04 Å². The number of hydrogen-bond donors (Lipinski definition) is 1. The average molecular weight is 298 g/mol. The monoisotopic (exact) mass is 297 g/mol. The Bertz CT molecular complexity index is 436. The third-order valence-corrected chi connectivity index (χ3v) is 3.08. The van der Waals surface area contributed by atoms with E-state index in [4.69, 9.17) is 8.83 Å². The standard InChI is InChI=1S/C13H16BrNO2/c1-10(4-5-11-3-2-8-16-11)15-9-12-6-7-13(14)17-12/h2-3,6-8,10,15H,4-5,9H2,1H3. The summed E-state index contributed by atoms with van der Waals surface area (Å²) in [5.41, 5.74) is 0. The van der Waals surface area contributed by atoms with Crippen LogP contribution in [0.5, 0.6) is 0 Å². The van der Waals surface area contributed by atoms with Crippen LogP contribution in [0.2, 0.25) is 0 Å². The maximum absolute atomic E-state index is 5.42. The Morgan fingerprint density at radius 2 is 2.18 bits per heavy atom. The summed E-state index contributed by atoms with van der Waals surface area (Å²) in [5, 5.41) is 3.42. The van der Waals surface area contributed by atoms with Gasteiger partial charge in [0.1, 0.15) is 11.5 Å². The molecule has 0 aliphatic rings. The molecule has 3 nitrogen and oxygen atoms in total. The molecule has 1 atom stereocenters. The van der Waals surface area contributed by atoms with Gasteiger partial charge in [-0.25, -0.2) is 0 Å². The second kappa shape index (κ2) is 6.07. The third-order valence-electron chi connectivity index (χ3n) is 2.66. The summed E-state index contributed by atoms with van der Waals surface area (Å²) >= 11 is 3.29. The summed E-state index contributed by atoms with van der Waals surface area (Å²) in [7, 11) is 0. The lowest BCUT2D eigenvalue weighted by Gasteiger charge is -2.11. The van der Waals surface area contributed by atoms with Gasteiger partial charge in [0.25, 0.3) is 0 Å². The molecular formula is C13H16BrNO2. The first-order chi connectivity index (χ1) is 8.24. The van der Waals surface area contributed by atoms with Gasteiger partial charge in [-0.2, -0.15) is 0 Å². The summed E-state index contributed by atoms with van der Waals surface area (Å²) < 4.78 is 11.5. The molecule has 2 rings (SSSR count). The molecule has 4 heteroatoms. The van der Waals surface area contributed by atoms with Crippen LogP contribution in [0, 0.1) is 0 Å². The molecule has 2 aromatic rings. The minimum Gasteiger partial charge on any atom is -0.469 e. The minimum atomic E-state index is 0.434. The van der Waals surface area contributed by atoms with E-state index in [-0.39, 0.29) is 0 Å². The molecule has 0 spiro atoms. The highest BCUT2D eigenvalue weighted by molar-refractivity contribution is 9.10. The number of hydrogen-bond acceptors (Lipinski definition) is 3. The van der Waals surface area contributed by atoms with E-state index in [2.05, 4.69) is 28.2 Å². The largest absolute Gasteiger partial charge is 0.469 e. The van der Waals surface area contributed by atoms with Gasteiger partial charge in [-0.05, 0) is 53.5 Å². The number of aryl methyl sites for hydroxylation is 1. The Kier molecular flexibility index (Phi) is 4.45. The Labute approximate surface area is 109 Å². The Balaban J connectivity index is 1.69. The second-order valence-corrected chi connectivity index (χ2v) is 4.89. The van der Waals surface area contributed by atoms with Crippen molar-refractivity contribution in [2.75, 3.05) is 0 Å². The van der Waals surface area contributed by atoms with Crippen LogP contribution in [-0.2, 0) is 13.0 Å². The molecule has 0 aliphatic heterocycles. The number of rotatable bonds is 6. The summed E-state index contributed by atoms with van der Waals surface area (Å²) in [6.07, 6.45) is 3.73. The molecule has 2 heterocycles. The van der Waals surface area contributed by atoms with Crippen molar-refractivity contribution in [1.82, 2.24) is 5.32 Å². The Morgan fingerprint density at radius 3 is 2.82 bits per heavy atom. The molecule has 0 saturated carbocycles. The third kappa shape index (κ3) is 4.06. The van der Waals surface area contributed by atoms with Crippen LogP contribution in [-0.4, -0.2) is 6.04 Å². The lowest BCUT2D eigenvalue weighted by molar-refractivity contribution is 0.422. The van der Waals surface area contributed by atoms with Crippen LogP contribution < -0.4 is 5.32 Å². The fraction of sp³-hybridized carbons (Fsp3) is 0.385. The lowest BCUT2D eigenvalue weighted by atomic mass is 10.1. The van der Waals surface area contributed by atoms with Crippen LogP contribution in [0.25, 0.3) is 0 Å². The fourth-order valence-electron chi connectivity index (χ4n) is 1.64. The van der Waals surface area contributed by atoms with Crippen molar-refractivity contribution >= 4 is 15.9 Å². The number of halogens is 1. The molecule has 0 saturated heterocycles. The van der Waals surface area contributed by atoms with E-state index in [1.165, 1.54) is 0 Å². The zero-order chi connectivity index (χ0) is 12.1. The zero-order valence-corrected chi connectivity index (χ0v) is 11.4. The molecule has 2 aromatic heterocycles. The topological polar surface area (TPSA) is 38.3 Å². The molecule has 0 amide bonds. The van der Waals surface area contributed by atoms with Crippen LogP contribution in [0.15, 0.2) is 44.0 Å². The molecule has 17 heavy (non-hydrogen) atoms. The van der Waals surface area contributed by atoms with Gasteiger partial charge >= 0.3 is 0 Å². The van der Waals surface area contributed by atoms with Gasteiger partial charge < -0.3 is 14.2 Å². The minimum absolute atomic E-state index is 0.434. The second-order valence-electron chi connectivity index (χ2n) is 4.11. The van der Waals surface area contributed by atoms with Gasteiger partial charge in [-0.15, -0.1) is 0 Å². The van der Waals surface area contributed by atoms with Crippen molar-refractivity contribution in [3.63, 3.8) is 0 Å². The number of nitrogens with one attached hydrogen (secondary N) is 1. The summed E-state index contributed by atoms with van der Waals surface area (Å²) in [6, 6.07) is 8.24. The molecule has 0 aliphatic carbocycles. The highest BCUT2D eigenvalue weighted by Gasteiger charge is 2.05.